The molecule has 0 N–H and O–H groups in total. The van der Waals surface area contributed by atoms with Gasteiger partial charge in [-0.25, -0.2) is 9.97 Å². The van der Waals surface area contributed by atoms with E-state index in [2.05, 4.69) is 252 Å². The molecule has 72 heavy (non-hydrogen) atoms. The van der Waals surface area contributed by atoms with Gasteiger partial charge in [0, 0.05) is 38.2 Å². The standard InChI is InChI=1S/C68H40N4/c1-3-14-41(15-4-1)42-26-28-45(29-27-42)67-66-50-21-10-8-16-43(50)30-34-58(66)69-68(70-67)72-60-36-33-47(39-57(60)64-49-20-9-7-17-44(49)31-37-61(64)72)46-32-35-59-56(38-46)65-54-25-13-24-53-51-22-11-12-23-52(51)55(63(53)54)40-62(65)71(59)48-18-5-2-6-19-48/h1-40H. The lowest BCUT2D eigenvalue weighted by Crippen LogP contribution is -2.04. The van der Waals surface area contributed by atoms with Gasteiger partial charge in [-0.1, -0.05) is 188 Å². The molecule has 0 atom stereocenters. The van der Waals surface area contributed by atoms with Crippen molar-refractivity contribution >= 4 is 86.8 Å². The highest BCUT2D eigenvalue weighted by Gasteiger charge is 2.26. The van der Waals surface area contributed by atoms with E-state index in [1.807, 2.05) is 0 Å². The van der Waals surface area contributed by atoms with Crippen LogP contribution in [0.3, 0.4) is 0 Å². The second-order valence-electron chi connectivity index (χ2n) is 19.2. The van der Waals surface area contributed by atoms with Crippen LogP contribution < -0.4 is 0 Å². The van der Waals surface area contributed by atoms with Gasteiger partial charge in [-0.05, 0) is 131 Å². The first-order valence-corrected chi connectivity index (χ1v) is 24.7. The highest BCUT2D eigenvalue weighted by atomic mass is 15.2. The third-order valence-electron chi connectivity index (χ3n) is 15.4. The van der Waals surface area contributed by atoms with E-state index in [0.717, 1.165) is 60.6 Å². The Morgan fingerprint density at radius 1 is 0.264 bits per heavy atom. The summed E-state index contributed by atoms with van der Waals surface area (Å²) in [6, 6.07) is 88.5. The van der Waals surface area contributed by atoms with Crippen LogP contribution in [0.25, 0.3) is 154 Å². The topological polar surface area (TPSA) is 35.6 Å². The van der Waals surface area contributed by atoms with Gasteiger partial charge in [0.25, 0.3) is 0 Å². The van der Waals surface area contributed by atoms with E-state index in [1.54, 1.807) is 0 Å². The Labute approximate surface area is 413 Å². The number of rotatable bonds is 5. The van der Waals surface area contributed by atoms with Crippen molar-refractivity contribution < 1.29 is 0 Å². The molecule has 0 spiro atoms. The Morgan fingerprint density at radius 3 is 1.53 bits per heavy atom. The summed E-state index contributed by atoms with van der Waals surface area (Å²) in [7, 11) is 0. The Kier molecular flexibility index (Phi) is 8.14. The normalized spacial score (nSPS) is 12.2. The van der Waals surface area contributed by atoms with Crippen molar-refractivity contribution in [3.05, 3.63) is 243 Å². The Bertz CT molecular complexity index is 4770. The molecule has 15 aromatic rings. The molecule has 16 rings (SSSR count). The van der Waals surface area contributed by atoms with Gasteiger partial charge < -0.3 is 4.57 Å². The monoisotopic (exact) mass is 912 g/mol. The minimum atomic E-state index is 0.642. The zero-order chi connectivity index (χ0) is 47.0. The summed E-state index contributed by atoms with van der Waals surface area (Å²) >= 11 is 0. The maximum Gasteiger partial charge on any atom is 0.235 e. The van der Waals surface area contributed by atoms with Crippen molar-refractivity contribution in [3.8, 4) is 67.4 Å². The van der Waals surface area contributed by atoms with E-state index in [0.29, 0.717) is 5.95 Å². The molecule has 4 heteroatoms. The van der Waals surface area contributed by atoms with Crippen LogP contribution in [0.2, 0.25) is 0 Å². The van der Waals surface area contributed by atoms with Crippen LogP contribution in [0.4, 0.5) is 0 Å². The third-order valence-corrected chi connectivity index (χ3v) is 15.4. The number of aromatic nitrogens is 4. The van der Waals surface area contributed by atoms with Gasteiger partial charge in [-0.3, -0.25) is 4.57 Å². The lowest BCUT2D eigenvalue weighted by Gasteiger charge is -2.14. The molecule has 332 valence electrons. The molecule has 1 aliphatic rings. The lowest BCUT2D eigenvalue weighted by molar-refractivity contribution is 1.01. The van der Waals surface area contributed by atoms with Gasteiger partial charge >= 0.3 is 0 Å². The van der Waals surface area contributed by atoms with Gasteiger partial charge in [0.2, 0.25) is 5.95 Å². The van der Waals surface area contributed by atoms with Gasteiger partial charge in [0.15, 0.2) is 0 Å². The molecule has 0 amide bonds. The lowest BCUT2D eigenvalue weighted by atomic mass is 9.96. The summed E-state index contributed by atoms with van der Waals surface area (Å²) in [5.74, 6) is 0.642. The van der Waals surface area contributed by atoms with Crippen molar-refractivity contribution in [2.45, 2.75) is 0 Å². The molecule has 0 saturated heterocycles. The highest BCUT2D eigenvalue weighted by molar-refractivity contribution is 6.30. The number of benzene rings is 12. The molecular weight excluding hydrogens is 873 g/mol. The Balaban J connectivity index is 0.937. The minimum absolute atomic E-state index is 0.642. The second-order valence-corrected chi connectivity index (χ2v) is 19.2. The molecule has 0 fully saturated rings. The fraction of sp³-hybridized carbons (Fsp3) is 0. The van der Waals surface area contributed by atoms with Crippen LogP contribution in [0.1, 0.15) is 0 Å². The van der Waals surface area contributed by atoms with Crippen LogP contribution in [0.15, 0.2) is 243 Å². The van der Waals surface area contributed by atoms with Crippen molar-refractivity contribution in [1.29, 1.82) is 0 Å². The first-order chi connectivity index (χ1) is 35.7. The zero-order valence-electron chi connectivity index (χ0n) is 38.9. The van der Waals surface area contributed by atoms with Crippen molar-refractivity contribution in [2.24, 2.45) is 0 Å². The quantitative estimate of drug-likeness (QED) is 0.161. The SMILES string of the molecule is c1ccc(-c2ccc(-c3nc(-n4c5ccc(-c6ccc7c(c6)c6c8cccc9c8c(cc6n7-c6ccccc6)-c6ccccc6-9)cc5c5c6ccccc6ccc54)nc4ccc5ccccc5c34)cc2)cc1. The fourth-order valence-corrected chi connectivity index (χ4v) is 12.3. The number of hydrogen-bond donors (Lipinski definition) is 0. The molecule has 1 aliphatic carbocycles. The zero-order valence-corrected chi connectivity index (χ0v) is 38.9. The van der Waals surface area contributed by atoms with Crippen LogP contribution in [-0.2, 0) is 0 Å². The van der Waals surface area contributed by atoms with Gasteiger partial charge in [-0.2, -0.15) is 0 Å². The summed E-state index contributed by atoms with van der Waals surface area (Å²) in [5.41, 5.74) is 18.4. The number of para-hydroxylation sites is 1. The number of nitrogens with zero attached hydrogens (tertiary/aromatic N) is 4. The van der Waals surface area contributed by atoms with Crippen LogP contribution >= 0.6 is 0 Å². The molecule has 12 aromatic carbocycles. The third kappa shape index (κ3) is 5.57. The van der Waals surface area contributed by atoms with Crippen molar-refractivity contribution in [1.82, 2.24) is 19.1 Å². The van der Waals surface area contributed by atoms with Crippen molar-refractivity contribution in [3.63, 3.8) is 0 Å². The summed E-state index contributed by atoms with van der Waals surface area (Å²) in [4.78, 5) is 11.1. The first kappa shape index (κ1) is 39.2. The molecule has 0 radical (unpaired) electrons. The largest absolute Gasteiger partial charge is 0.309 e. The maximum absolute atomic E-state index is 5.62. The van der Waals surface area contributed by atoms with Gasteiger partial charge in [0.1, 0.15) is 0 Å². The van der Waals surface area contributed by atoms with Gasteiger partial charge in [0.05, 0.1) is 33.3 Å². The van der Waals surface area contributed by atoms with E-state index >= 15 is 0 Å². The molecule has 0 aliphatic heterocycles. The fourth-order valence-electron chi connectivity index (χ4n) is 12.3. The van der Waals surface area contributed by atoms with Gasteiger partial charge in [-0.15, -0.1) is 0 Å². The summed E-state index contributed by atoms with van der Waals surface area (Å²) in [6.07, 6.45) is 0. The predicted molar refractivity (Wildman–Crippen MR) is 301 cm³/mol. The molecule has 4 nitrogen and oxygen atoms in total. The maximum atomic E-state index is 5.62. The Morgan fingerprint density at radius 2 is 0.792 bits per heavy atom. The minimum Gasteiger partial charge on any atom is -0.309 e. The van der Waals surface area contributed by atoms with E-state index in [9.17, 15) is 0 Å². The number of fused-ring (bicyclic) bond motifs is 15. The van der Waals surface area contributed by atoms with Crippen LogP contribution in [0.5, 0.6) is 0 Å². The summed E-state index contributed by atoms with van der Waals surface area (Å²) in [5, 5.41) is 13.2. The van der Waals surface area contributed by atoms with E-state index < -0.39 is 0 Å². The van der Waals surface area contributed by atoms with E-state index in [4.69, 9.17) is 9.97 Å². The second kappa shape index (κ2) is 14.9. The average molecular weight is 913 g/mol. The molecule has 0 saturated carbocycles. The Hall–Kier alpha value is -9.64. The molecule has 3 heterocycles. The summed E-state index contributed by atoms with van der Waals surface area (Å²) < 4.78 is 4.74. The van der Waals surface area contributed by atoms with E-state index in [-0.39, 0.29) is 0 Å². The van der Waals surface area contributed by atoms with E-state index in [1.165, 1.54) is 87.7 Å². The summed E-state index contributed by atoms with van der Waals surface area (Å²) in [6.45, 7) is 0. The average Bonchev–Trinajstić information content (AvgIpc) is 4.09. The van der Waals surface area contributed by atoms with Crippen LogP contribution in [0, 0.1) is 0 Å². The predicted octanol–water partition coefficient (Wildman–Crippen LogP) is 17.9. The van der Waals surface area contributed by atoms with Crippen molar-refractivity contribution in [2.75, 3.05) is 0 Å². The number of hydrogen-bond acceptors (Lipinski definition) is 2. The molecule has 3 aromatic heterocycles. The smallest absolute Gasteiger partial charge is 0.235 e. The first-order valence-electron chi connectivity index (χ1n) is 24.7. The highest BCUT2D eigenvalue weighted by Crippen LogP contribution is 2.51. The molecular formula is C68H40N4. The molecule has 0 unspecified atom stereocenters. The molecule has 0 bridgehead atoms. The van der Waals surface area contributed by atoms with Crippen LogP contribution in [-0.4, -0.2) is 19.1 Å².